The summed E-state index contributed by atoms with van der Waals surface area (Å²) in [4.78, 5) is 6.87. The molecule has 2 N–H and O–H groups in total. The van der Waals surface area contributed by atoms with Gasteiger partial charge in [-0.05, 0) is 65.8 Å². The zero-order valence-electron chi connectivity index (χ0n) is 25.4. The van der Waals surface area contributed by atoms with Gasteiger partial charge in [0.2, 0.25) is 0 Å². The number of hydrogen-bond donors (Lipinski definition) is 2. The van der Waals surface area contributed by atoms with Crippen molar-refractivity contribution in [3.63, 3.8) is 0 Å². The molecule has 0 amide bonds. The summed E-state index contributed by atoms with van der Waals surface area (Å²) in [5.74, 6) is 2.27. The molecule has 2 heterocycles. The smallest absolute Gasteiger partial charge is 0.129 e. The van der Waals surface area contributed by atoms with Crippen LogP contribution in [0.5, 0.6) is 5.75 Å². The molecule has 226 valence electrons. The molecule has 6 nitrogen and oxygen atoms in total. The number of benzene rings is 4. The molecule has 0 unspecified atom stereocenters. The van der Waals surface area contributed by atoms with Gasteiger partial charge in [-0.1, -0.05) is 91.0 Å². The molecule has 0 radical (unpaired) electrons. The van der Waals surface area contributed by atoms with E-state index < -0.39 is 5.54 Å². The summed E-state index contributed by atoms with van der Waals surface area (Å²) >= 11 is 0. The first-order valence-electron chi connectivity index (χ1n) is 15.8. The summed E-state index contributed by atoms with van der Waals surface area (Å²) in [6.07, 6.45) is 4.24. The first kappa shape index (κ1) is 28.8. The highest BCUT2D eigenvalue weighted by atomic mass is 16.5. The Kier molecular flexibility index (Phi) is 8.30. The van der Waals surface area contributed by atoms with Crippen LogP contribution in [0.25, 0.3) is 0 Å². The lowest BCUT2D eigenvalue weighted by molar-refractivity contribution is 0.122. The number of nitrogens with one attached hydrogen (secondary N) is 2. The first-order chi connectivity index (χ1) is 22.2. The fourth-order valence-corrected chi connectivity index (χ4v) is 6.11. The molecule has 1 aliphatic heterocycles. The van der Waals surface area contributed by atoms with Gasteiger partial charge in [-0.25, -0.2) is 4.98 Å². The predicted octanol–water partition coefficient (Wildman–Crippen LogP) is 7.53. The summed E-state index contributed by atoms with van der Waals surface area (Å²) in [5.41, 5.74) is 5.42. The molecule has 0 bridgehead atoms. The highest BCUT2D eigenvalue weighted by Crippen LogP contribution is 2.42. The number of pyridine rings is 1. The molecule has 2 aliphatic rings. The maximum absolute atomic E-state index is 9.60. The zero-order chi connectivity index (χ0) is 30.5. The summed E-state index contributed by atoms with van der Waals surface area (Å²) in [6.45, 7) is 3.64. The van der Waals surface area contributed by atoms with Crippen LogP contribution >= 0.6 is 0 Å². The van der Waals surface area contributed by atoms with Crippen molar-refractivity contribution in [1.29, 1.82) is 5.41 Å². The summed E-state index contributed by atoms with van der Waals surface area (Å²) in [7, 11) is 0. The van der Waals surface area contributed by atoms with Crippen molar-refractivity contribution in [2.75, 3.05) is 43.1 Å². The van der Waals surface area contributed by atoms with Crippen molar-refractivity contribution >= 4 is 17.2 Å². The van der Waals surface area contributed by atoms with E-state index in [2.05, 4.69) is 94.1 Å². The third-order valence-electron chi connectivity index (χ3n) is 8.75. The fraction of sp³-hybridized carbons (Fsp3) is 0.231. The predicted molar refractivity (Wildman–Crippen MR) is 181 cm³/mol. The Morgan fingerprint density at radius 2 is 1.40 bits per heavy atom. The first-order valence-corrected chi connectivity index (χ1v) is 15.8. The third kappa shape index (κ3) is 6.19. The van der Waals surface area contributed by atoms with Crippen LogP contribution in [0.2, 0.25) is 0 Å². The highest BCUT2D eigenvalue weighted by molar-refractivity contribution is 6.14. The second-order valence-electron chi connectivity index (χ2n) is 11.8. The van der Waals surface area contributed by atoms with Crippen LogP contribution < -0.4 is 15.0 Å². The Morgan fingerprint density at radius 3 is 1.98 bits per heavy atom. The monoisotopic (exact) mass is 594 g/mol. The van der Waals surface area contributed by atoms with Crippen molar-refractivity contribution in [1.82, 2.24) is 4.98 Å². The van der Waals surface area contributed by atoms with Gasteiger partial charge in [-0.15, -0.1) is 0 Å². The van der Waals surface area contributed by atoms with Crippen LogP contribution in [0.15, 0.2) is 128 Å². The van der Waals surface area contributed by atoms with E-state index in [0.717, 1.165) is 58.2 Å². The Bertz CT molecular complexity index is 1640. The Balaban J connectivity index is 1.36. The van der Waals surface area contributed by atoms with Crippen molar-refractivity contribution in [3.8, 4) is 5.75 Å². The minimum atomic E-state index is -0.730. The van der Waals surface area contributed by atoms with Gasteiger partial charge < -0.3 is 19.7 Å². The number of rotatable bonds is 11. The van der Waals surface area contributed by atoms with E-state index in [1.165, 1.54) is 12.8 Å². The van der Waals surface area contributed by atoms with Gasteiger partial charge in [0.25, 0.3) is 0 Å². The van der Waals surface area contributed by atoms with Gasteiger partial charge in [-0.2, -0.15) is 0 Å². The highest BCUT2D eigenvalue weighted by Gasteiger charge is 2.37. The van der Waals surface area contributed by atoms with Gasteiger partial charge in [0.15, 0.2) is 0 Å². The number of nitrogens with zero attached hydrogens (tertiary/aromatic N) is 2. The number of morpholine rings is 1. The van der Waals surface area contributed by atoms with Gasteiger partial charge in [0.1, 0.15) is 17.1 Å². The second kappa shape index (κ2) is 13.0. The van der Waals surface area contributed by atoms with Crippen molar-refractivity contribution < 1.29 is 9.47 Å². The average molecular weight is 595 g/mol. The molecule has 5 aromatic rings. The topological polar surface area (TPSA) is 70.5 Å². The van der Waals surface area contributed by atoms with Crippen molar-refractivity contribution in [2.45, 2.75) is 18.4 Å². The van der Waals surface area contributed by atoms with E-state index in [9.17, 15) is 5.41 Å². The molecular weight excluding hydrogens is 556 g/mol. The van der Waals surface area contributed by atoms with Crippen LogP contribution in [0.1, 0.15) is 40.7 Å². The largest absolute Gasteiger partial charge is 0.493 e. The molecule has 0 atom stereocenters. The van der Waals surface area contributed by atoms with Gasteiger partial charge >= 0.3 is 0 Å². The lowest BCUT2D eigenvalue weighted by Crippen LogP contribution is -2.38. The third-order valence-corrected chi connectivity index (χ3v) is 8.75. The summed E-state index contributed by atoms with van der Waals surface area (Å²) in [6, 6.07) is 41.7. The Hall–Kier alpha value is -4.94. The van der Waals surface area contributed by atoms with Crippen molar-refractivity contribution in [3.05, 3.63) is 155 Å². The normalized spacial score (nSPS) is 15.0. The van der Waals surface area contributed by atoms with Crippen LogP contribution in [0.4, 0.5) is 11.5 Å². The van der Waals surface area contributed by atoms with E-state index in [1.807, 2.05) is 42.5 Å². The van der Waals surface area contributed by atoms with Gasteiger partial charge in [-0.3, -0.25) is 5.41 Å². The maximum Gasteiger partial charge on any atom is 0.129 e. The Morgan fingerprint density at radius 1 is 0.800 bits per heavy atom. The van der Waals surface area contributed by atoms with Crippen LogP contribution in [-0.2, 0) is 10.3 Å². The van der Waals surface area contributed by atoms with Crippen LogP contribution in [0.3, 0.4) is 0 Å². The number of anilines is 2. The average Bonchev–Trinajstić information content (AvgIpc) is 3.96. The van der Waals surface area contributed by atoms with E-state index in [1.54, 1.807) is 6.20 Å². The molecule has 1 aliphatic carbocycles. The minimum absolute atomic E-state index is 0.411. The van der Waals surface area contributed by atoms with E-state index >= 15 is 0 Å². The second-order valence-corrected chi connectivity index (χ2v) is 11.8. The quantitative estimate of drug-likeness (QED) is 0.122. The molecule has 1 aromatic heterocycles. The minimum Gasteiger partial charge on any atom is -0.493 e. The molecule has 4 aromatic carbocycles. The molecule has 1 saturated heterocycles. The fourth-order valence-electron chi connectivity index (χ4n) is 6.11. The Labute approximate surface area is 265 Å². The molecule has 7 rings (SSSR count). The lowest BCUT2D eigenvalue weighted by Gasteiger charge is -2.38. The van der Waals surface area contributed by atoms with E-state index in [-0.39, 0.29) is 0 Å². The number of ether oxygens (including phenoxy) is 2. The molecule has 1 saturated carbocycles. The standard InChI is InChI=1S/C39H38N4O2/c40-38(30-20-21-41-37(26-30)43-22-24-44-25-23-43)35-27-34(45-28-29-16-17-29)18-19-36(35)42-39(31-10-4-1-5-11-31,32-12-6-2-7-13-32)33-14-8-3-9-15-33/h1-15,18-21,26-27,29,40,42H,16-17,22-25,28H2. The summed E-state index contributed by atoms with van der Waals surface area (Å²) < 4.78 is 11.8. The van der Waals surface area contributed by atoms with Gasteiger partial charge in [0, 0.05) is 36.1 Å². The van der Waals surface area contributed by atoms with Gasteiger partial charge in [0.05, 0.1) is 25.5 Å². The summed E-state index contributed by atoms with van der Waals surface area (Å²) in [5, 5.41) is 13.6. The van der Waals surface area contributed by atoms with E-state index in [0.29, 0.717) is 31.5 Å². The molecule has 6 heteroatoms. The number of aromatic nitrogens is 1. The molecule has 0 spiro atoms. The molecule has 45 heavy (non-hydrogen) atoms. The lowest BCUT2D eigenvalue weighted by atomic mass is 9.76. The van der Waals surface area contributed by atoms with Crippen LogP contribution in [0, 0.1) is 11.3 Å². The van der Waals surface area contributed by atoms with Crippen molar-refractivity contribution in [2.24, 2.45) is 5.92 Å². The zero-order valence-corrected chi connectivity index (χ0v) is 25.4. The molecular formula is C39H38N4O2. The van der Waals surface area contributed by atoms with Crippen LogP contribution in [-0.4, -0.2) is 43.6 Å². The maximum atomic E-state index is 9.60. The SMILES string of the molecule is N=C(c1ccnc(N2CCOCC2)c1)c1cc(OCC2CC2)ccc1NC(c1ccccc1)(c1ccccc1)c1ccccc1. The van der Waals surface area contributed by atoms with E-state index in [4.69, 9.17) is 9.47 Å². The molecule has 2 fully saturated rings. The number of hydrogen-bond acceptors (Lipinski definition) is 6.